The second-order valence-corrected chi connectivity index (χ2v) is 13.9. The first-order chi connectivity index (χ1) is 16.3. The lowest BCUT2D eigenvalue weighted by molar-refractivity contribution is 0.0452. The average molecular weight is 475 g/mol. The maximum Gasteiger partial charge on any atom is 0.0543 e. The van der Waals surface area contributed by atoms with Crippen LogP contribution in [-0.2, 0) is 0 Å². The van der Waals surface area contributed by atoms with E-state index >= 15 is 0 Å². The van der Waals surface area contributed by atoms with E-state index in [-0.39, 0.29) is 6.10 Å². The zero-order chi connectivity index (χ0) is 24.7. The molecule has 3 fully saturated rings. The van der Waals surface area contributed by atoms with Crippen LogP contribution in [0.15, 0.2) is 0 Å². The van der Waals surface area contributed by atoms with Crippen molar-refractivity contribution in [3.63, 3.8) is 0 Å². The maximum atomic E-state index is 10.9. The Labute approximate surface area is 214 Å². The lowest BCUT2D eigenvalue weighted by Gasteiger charge is -2.41. The van der Waals surface area contributed by atoms with Crippen molar-refractivity contribution >= 4 is 0 Å². The van der Waals surface area contributed by atoms with E-state index in [2.05, 4.69) is 41.5 Å². The predicted octanol–water partition coefficient (Wildman–Crippen LogP) is 10.1. The molecule has 3 aliphatic carbocycles. The normalized spacial score (nSPS) is 34.9. The van der Waals surface area contributed by atoms with Crippen LogP contribution in [0.2, 0.25) is 0 Å². The smallest absolute Gasteiger partial charge is 0.0543 e. The van der Waals surface area contributed by atoms with Crippen LogP contribution in [0.1, 0.15) is 151 Å². The summed E-state index contributed by atoms with van der Waals surface area (Å²) in [6.45, 7) is 14.5. The standard InChI is InChI=1S/C33H62O/c1-7-13-27(8-2)17-16-24(4)20-30(29-14-11-10-12-15-29)25(5)31-22-33(23-32(31)26(6)34)19-18-28(9-3)21-33/h24-32,34H,7-23H2,1-6H3/t24?,25?,26?,27-,28?,30?,31?,32?,33-/m0/s1. The van der Waals surface area contributed by atoms with E-state index in [1.54, 1.807) is 0 Å². The first-order valence-electron chi connectivity index (χ1n) is 16.0. The van der Waals surface area contributed by atoms with Crippen molar-refractivity contribution in [3.8, 4) is 0 Å². The van der Waals surface area contributed by atoms with Gasteiger partial charge in [0.25, 0.3) is 0 Å². The van der Waals surface area contributed by atoms with Gasteiger partial charge in [-0.05, 0) is 98.2 Å². The molecule has 0 aromatic heterocycles. The van der Waals surface area contributed by atoms with Crippen molar-refractivity contribution in [3.05, 3.63) is 0 Å². The Hall–Kier alpha value is -0.0400. The fourth-order valence-corrected chi connectivity index (χ4v) is 9.32. The van der Waals surface area contributed by atoms with Gasteiger partial charge in [-0.15, -0.1) is 0 Å². The van der Waals surface area contributed by atoms with Gasteiger partial charge >= 0.3 is 0 Å². The molecular weight excluding hydrogens is 412 g/mol. The molecule has 3 rings (SSSR count). The molecule has 1 heteroatoms. The molecule has 0 bridgehead atoms. The number of hydrogen-bond acceptors (Lipinski definition) is 1. The Kier molecular flexibility index (Phi) is 11.3. The summed E-state index contributed by atoms with van der Waals surface area (Å²) in [7, 11) is 0. The van der Waals surface area contributed by atoms with Crippen molar-refractivity contribution in [1.82, 2.24) is 0 Å². The molecule has 0 saturated heterocycles. The highest BCUT2D eigenvalue weighted by molar-refractivity contribution is 5.02. The third kappa shape index (κ3) is 7.26. The summed E-state index contributed by atoms with van der Waals surface area (Å²) in [5.74, 6) is 6.65. The Morgan fingerprint density at radius 3 is 2.12 bits per heavy atom. The van der Waals surface area contributed by atoms with Gasteiger partial charge < -0.3 is 5.11 Å². The van der Waals surface area contributed by atoms with E-state index in [0.29, 0.717) is 11.3 Å². The van der Waals surface area contributed by atoms with Crippen molar-refractivity contribution in [1.29, 1.82) is 0 Å². The van der Waals surface area contributed by atoms with Gasteiger partial charge in [-0.1, -0.05) is 105 Å². The minimum Gasteiger partial charge on any atom is -0.393 e. The number of rotatable bonds is 13. The molecule has 1 spiro atoms. The van der Waals surface area contributed by atoms with Crippen LogP contribution in [0.5, 0.6) is 0 Å². The number of aliphatic hydroxyl groups is 1. The Morgan fingerprint density at radius 2 is 1.53 bits per heavy atom. The average Bonchev–Trinajstić information content (AvgIpc) is 3.43. The molecule has 0 heterocycles. The van der Waals surface area contributed by atoms with E-state index in [9.17, 15) is 5.11 Å². The zero-order valence-corrected chi connectivity index (χ0v) is 24.2. The van der Waals surface area contributed by atoms with Crippen molar-refractivity contribution < 1.29 is 5.11 Å². The van der Waals surface area contributed by atoms with E-state index in [0.717, 1.165) is 41.4 Å². The second-order valence-electron chi connectivity index (χ2n) is 13.9. The molecule has 0 radical (unpaired) electrons. The topological polar surface area (TPSA) is 20.2 Å². The number of aliphatic hydroxyl groups excluding tert-OH is 1. The fourth-order valence-electron chi connectivity index (χ4n) is 9.32. The van der Waals surface area contributed by atoms with Crippen LogP contribution in [0.4, 0.5) is 0 Å². The van der Waals surface area contributed by atoms with Crippen LogP contribution in [0.25, 0.3) is 0 Å². The highest BCUT2D eigenvalue weighted by Crippen LogP contribution is 2.61. The molecule has 3 aliphatic rings. The zero-order valence-electron chi connectivity index (χ0n) is 24.2. The minimum atomic E-state index is -0.128. The molecule has 7 unspecified atom stereocenters. The molecule has 1 nitrogen and oxygen atoms in total. The molecule has 0 amide bonds. The molecule has 3 saturated carbocycles. The molecule has 0 aromatic rings. The van der Waals surface area contributed by atoms with Crippen LogP contribution >= 0.6 is 0 Å². The highest BCUT2D eigenvalue weighted by atomic mass is 16.3. The Balaban J connectivity index is 1.71. The first-order valence-corrected chi connectivity index (χ1v) is 16.0. The largest absolute Gasteiger partial charge is 0.393 e. The summed E-state index contributed by atoms with van der Waals surface area (Å²) in [5.41, 5.74) is 0.568. The van der Waals surface area contributed by atoms with E-state index in [1.807, 2.05) is 0 Å². The third-order valence-electron chi connectivity index (χ3n) is 11.5. The van der Waals surface area contributed by atoms with Crippen LogP contribution in [0, 0.1) is 52.8 Å². The third-order valence-corrected chi connectivity index (χ3v) is 11.5. The molecule has 0 aliphatic heterocycles. The van der Waals surface area contributed by atoms with Crippen LogP contribution in [-0.4, -0.2) is 11.2 Å². The van der Waals surface area contributed by atoms with Gasteiger partial charge in [0.1, 0.15) is 0 Å². The van der Waals surface area contributed by atoms with E-state index in [1.165, 1.54) is 109 Å². The Bertz CT molecular complexity index is 563. The fraction of sp³-hybridized carbons (Fsp3) is 1.00. The SMILES string of the molecule is CCC[C@H](CC)CCC(C)CC(C1CCCCC1)C(C)C1C[C@@]2(CCC(CC)C2)CC1C(C)O. The summed E-state index contributed by atoms with van der Waals surface area (Å²) < 4.78 is 0. The summed E-state index contributed by atoms with van der Waals surface area (Å²) >= 11 is 0. The van der Waals surface area contributed by atoms with Gasteiger partial charge in [0, 0.05) is 0 Å². The first kappa shape index (κ1) is 28.5. The van der Waals surface area contributed by atoms with Gasteiger partial charge in [0.15, 0.2) is 0 Å². The molecular formula is C33H62O. The Morgan fingerprint density at radius 1 is 0.824 bits per heavy atom. The number of hydrogen-bond donors (Lipinski definition) is 1. The lowest BCUT2D eigenvalue weighted by Crippen LogP contribution is -2.34. The summed E-state index contributed by atoms with van der Waals surface area (Å²) in [4.78, 5) is 0. The predicted molar refractivity (Wildman–Crippen MR) is 149 cm³/mol. The molecule has 1 N–H and O–H groups in total. The summed E-state index contributed by atoms with van der Waals surface area (Å²) in [6, 6.07) is 0. The van der Waals surface area contributed by atoms with Gasteiger partial charge in [-0.2, -0.15) is 0 Å². The lowest BCUT2D eigenvalue weighted by atomic mass is 9.65. The van der Waals surface area contributed by atoms with Crippen LogP contribution in [0.3, 0.4) is 0 Å². The van der Waals surface area contributed by atoms with Crippen LogP contribution < -0.4 is 0 Å². The van der Waals surface area contributed by atoms with Crippen molar-refractivity contribution in [2.75, 3.05) is 0 Å². The van der Waals surface area contributed by atoms with E-state index < -0.39 is 0 Å². The van der Waals surface area contributed by atoms with Gasteiger partial charge in [0.2, 0.25) is 0 Å². The highest BCUT2D eigenvalue weighted by Gasteiger charge is 2.52. The van der Waals surface area contributed by atoms with E-state index in [4.69, 9.17) is 0 Å². The molecule has 200 valence electrons. The van der Waals surface area contributed by atoms with Gasteiger partial charge in [0.05, 0.1) is 6.10 Å². The summed E-state index contributed by atoms with van der Waals surface area (Å²) in [5, 5.41) is 10.9. The quantitative estimate of drug-likeness (QED) is 0.281. The van der Waals surface area contributed by atoms with Crippen molar-refractivity contribution in [2.45, 2.75) is 157 Å². The van der Waals surface area contributed by atoms with Gasteiger partial charge in [-0.3, -0.25) is 0 Å². The van der Waals surface area contributed by atoms with Gasteiger partial charge in [-0.25, -0.2) is 0 Å². The second kappa shape index (κ2) is 13.5. The van der Waals surface area contributed by atoms with Crippen molar-refractivity contribution in [2.24, 2.45) is 52.8 Å². The maximum absolute atomic E-state index is 10.9. The monoisotopic (exact) mass is 474 g/mol. The summed E-state index contributed by atoms with van der Waals surface area (Å²) in [6.07, 6.45) is 24.1. The molecule has 0 aromatic carbocycles. The molecule has 34 heavy (non-hydrogen) atoms. The minimum absolute atomic E-state index is 0.128. The molecule has 9 atom stereocenters.